The van der Waals surface area contributed by atoms with E-state index in [9.17, 15) is 9.59 Å². The highest BCUT2D eigenvalue weighted by Gasteiger charge is 2.29. The number of imidazole rings is 1. The molecular formula is C26H32N5O2+. The van der Waals surface area contributed by atoms with Crippen LogP contribution in [0.4, 0.5) is 0 Å². The second-order valence-electron chi connectivity index (χ2n) is 8.88. The van der Waals surface area contributed by atoms with Crippen molar-refractivity contribution in [1.82, 2.24) is 15.3 Å². The lowest BCUT2D eigenvalue weighted by molar-refractivity contribution is -0.380. The first-order chi connectivity index (χ1) is 16.0. The summed E-state index contributed by atoms with van der Waals surface area (Å²) in [6.07, 6.45) is 6.38. The third-order valence-electron chi connectivity index (χ3n) is 6.63. The van der Waals surface area contributed by atoms with Crippen LogP contribution in [-0.4, -0.2) is 28.3 Å². The number of benzene rings is 2. The van der Waals surface area contributed by atoms with Gasteiger partial charge in [-0.1, -0.05) is 42.5 Å². The molecule has 0 radical (unpaired) electrons. The van der Waals surface area contributed by atoms with Gasteiger partial charge in [-0.05, 0) is 55.4 Å². The first-order valence-electron chi connectivity index (χ1n) is 11.6. The number of nitrogens with zero attached hydrogens (tertiary/aromatic N) is 1. The summed E-state index contributed by atoms with van der Waals surface area (Å²) in [5.74, 6) is 1.04. The normalized spacial score (nSPS) is 19.1. The van der Waals surface area contributed by atoms with Crippen molar-refractivity contribution in [2.24, 2.45) is 17.6 Å². The van der Waals surface area contributed by atoms with Crippen molar-refractivity contribution < 1.29 is 15.3 Å². The molecule has 2 amide bonds. The van der Waals surface area contributed by atoms with Crippen molar-refractivity contribution in [3.05, 3.63) is 77.7 Å². The van der Waals surface area contributed by atoms with E-state index in [1.165, 1.54) is 0 Å². The lowest BCUT2D eigenvalue weighted by Crippen LogP contribution is -2.54. The Labute approximate surface area is 194 Å². The zero-order valence-corrected chi connectivity index (χ0v) is 18.8. The van der Waals surface area contributed by atoms with Crippen molar-refractivity contribution in [1.29, 1.82) is 0 Å². The number of nitrogens with one attached hydrogen (secondary N) is 2. The largest absolute Gasteiger partial charge is 0.366 e. The number of nitrogens with two attached hydrogens (primary N) is 1. The molecule has 0 aliphatic heterocycles. The fourth-order valence-corrected chi connectivity index (χ4v) is 4.54. The van der Waals surface area contributed by atoms with Gasteiger partial charge in [0.05, 0.1) is 24.5 Å². The van der Waals surface area contributed by atoms with Gasteiger partial charge in [-0.15, -0.1) is 0 Å². The molecule has 33 heavy (non-hydrogen) atoms. The van der Waals surface area contributed by atoms with E-state index in [0.717, 1.165) is 49.0 Å². The lowest BCUT2D eigenvalue weighted by Gasteiger charge is -2.27. The van der Waals surface area contributed by atoms with E-state index in [1.807, 2.05) is 30.3 Å². The average Bonchev–Trinajstić information content (AvgIpc) is 3.35. The number of H-pyrrole nitrogens is 1. The van der Waals surface area contributed by atoms with Crippen LogP contribution in [0.1, 0.15) is 53.5 Å². The maximum Gasteiger partial charge on any atom is 0.248 e. The van der Waals surface area contributed by atoms with E-state index >= 15 is 0 Å². The molecule has 1 fully saturated rings. The summed E-state index contributed by atoms with van der Waals surface area (Å²) in [4.78, 5) is 32.4. The van der Waals surface area contributed by atoms with Crippen molar-refractivity contribution in [3.63, 3.8) is 0 Å². The Balaban J connectivity index is 1.52. The van der Waals surface area contributed by atoms with Crippen LogP contribution in [0.3, 0.4) is 0 Å². The van der Waals surface area contributed by atoms with Gasteiger partial charge in [0.15, 0.2) is 0 Å². The van der Waals surface area contributed by atoms with Crippen molar-refractivity contribution in [3.8, 4) is 11.3 Å². The maximum absolute atomic E-state index is 13.1. The molecule has 3 aromatic rings. The molecule has 1 heterocycles. The number of aromatic nitrogens is 2. The lowest BCUT2D eigenvalue weighted by atomic mass is 9.81. The Kier molecular flexibility index (Phi) is 7.19. The predicted octanol–water partition coefficient (Wildman–Crippen LogP) is 2.62. The van der Waals surface area contributed by atoms with Crippen LogP contribution in [0.15, 0.2) is 60.8 Å². The topological polar surface area (TPSA) is 129 Å². The second-order valence-corrected chi connectivity index (χ2v) is 8.88. The molecule has 1 saturated carbocycles. The second kappa shape index (κ2) is 10.4. The first kappa shape index (κ1) is 22.7. The Morgan fingerprint density at radius 3 is 2.39 bits per heavy atom. The minimum atomic E-state index is -0.457. The van der Waals surface area contributed by atoms with Gasteiger partial charge in [0.1, 0.15) is 5.82 Å². The van der Waals surface area contributed by atoms with E-state index < -0.39 is 5.91 Å². The SMILES string of the molecule is NC(=O)c1ccc(-c2cnc([C@H](Cc3ccccc3)NC(=O)C3CCC(C[NH3+])CC3)[nH]2)cc1. The van der Waals surface area contributed by atoms with Gasteiger partial charge in [0, 0.05) is 17.4 Å². The summed E-state index contributed by atoms with van der Waals surface area (Å²) in [7, 11) is 0. The molecule has 1 aliphatic rings. The third-order valence-corrected chi connectivity index (χ3v) is 6.63. The molecule has 7 nitrogen and oxygen atoms in total. The first-order valence-corrected chi connectivity index (χ1v) is 11.6. The molecule has 0 unspecified atom stereocenters. The number of rotatable bonds is 8. The van der Waals surface area contributed by atoms with E-state index in [2.05, 4.69) is 33.2 Å². The molecule has 4 rings (SSSR count). The van der Waals surface area contributed by atoms with Crippen LogP contribution in [0.5, 0.6) is 0 Å². The van der Waals surface area contributed by atoms with Crippen LogP contribution in [0.2, 0.25) is 0 Å². The fourth-order valence-electron chi connectivity index (χ4n) is 4.54. The number of amides is 2. The Morgan fingerprint density at radius 1 is 1.06 bits per heavy atom. The van der Waals surface area contributed by atoms with Crippen molar-refractivity contribution in [2.45, 2.75) is 38.1 Å². The smallest absolute Gasteiger partial charge is 0.248 e. The maximum atomic E-state index is 13.1. The molecule has 0 bridgehead atoms. The van der Waals surface area contributed by atoms with Crippen LogP contribution in [0.25, 0.3) is 11.3 Å². The highest BCUT2D eigenvalue weighted by atomic mass is 16.2. The molecule has 1 aliphatic carbocycles. The van der Waals surface area contributed by atoms with Crippen LogP contribution >= 0.6 is 0 Å². The van der Waals surface area contributed by atoms with Gasteiger partial charge in [0.25, 0.3) is 0 Å². The summed E-state index contributed by atoms with van der Waals surface area (Å²) in [6.45, 7) is 0.945. The number of hydrogen-bond donors (Lipinski definition) is 4. The molecular weight excluding hydrogens is 414 g/mol. The molecule has 1 atom stereocenters. The average molecular weight is 447 g/mol. The van der Waals surface area contributed by atoms with Gasteiger partial charge in [-0.3, -0.25) is 9.59 Å². The zero-order valence-electron chi connectivity index (χ0n) is 18.8. The van der Waals surface area contributed by atoms with Gasteiger partial charge in [-0.25, -0.2) is 4.98 Å². The van der Waals surface area contributed by atoms with E-state index in [-0.39, 0.29) is 17.9 Å². The number of carbonyl (C=O) groups is 2. The van der Waals surface area contributed by atoms with Crippen molar-refractivity contribution in [2.75, 3.05) is 6.54 Å². The number of carbonyl (C=O) groups excluding carboxylic acids is 2. The monoisotopic (exact) mass is 446 g/mol. The van der Waals surface area contributed by atoms with Gasteiger partial charge >= 0.3 is 0 Å². The van der Waals surface area contributed by atoms with E-state index in [4.69, 9.17) is 5.73 Å². The number of primary amides is 1. The molecule has 1 aromatic heterocycles. The van der Waals surface area contributed by atoms with Gasteiger partial charge in [-0.2, -0.15) is 0 Å². The summed E-state index contributed by atoms with van der Waals surface area (Å²) < 4.78 is 0. The van der Waals surface area contributed by atoms with Gasteiger partial charge in [0.2, 0.25) is 11.8 Å². The van der Waals surface area contributed by atoms with Crippen LogP contribution in [0, 0.1) is 11.8 Å². The number of hydrogen-bond acceptors (Lipinski definition) is 3. The molecule has 7 heteroatoms. The van der Waals surface area contributed by atoms with Gasteiger partial charge < -0.3 is 21.8 Å². The predicted molar refractivity (Wildman–Crippen MR) is 127 cm³/mol. The minimum absolute atomic E-state index is 0.0434. The summed E-state index contributed by atoms with van der Waals surface area (Å²) in [5.41, 5.74) is 12.7. The Hall–Kier alpha value is -3.45. The third kappa shape index (κ3) is 5.68. The molecule has 0 saturated heterocycles. The van der Waals surface area contributed by atoms with Crippen LogP contribution in [-0.2, 0) is 11.2 Å². The quantitative estimate of drug-likeness (QED) is 0.424. The summed E-state index contributed by atoms with van der Waals surface area (Å²) in [6, 6.07) is 16.9. The van der Waals surface area contributed by atoms with E-state index in [1.54, 1.807) is 18.3 Å². The molecule has 7 N–H and O–H groups in total. The molecule has 0 spiro atoms. The Morgan fingerprint density at radius 2 is 1.76 bits per heavy atom. The molecule has 172 valence electrons. The van der Waals surface area contributed by atoms with Crippen LogP contribution < -0.4 is 16.8 Å². The zero-order chi connectivity index (χ0) is 23.2. The number of aromatic amines is 1. The van der Waals surface area contributed by atoms with E-state index in [0.29, 0.717) is 23.7 Å². The summed E-state index contributed by atoms with van der Waals surface area (Å²) in [5, 5.41) is 3.26. The summed E-state index contributed by atoms with van der Waals surface area (Å²) >= 11 is 0. The Bertz CT molecular complexity index is 1070. The van der Waals surface area contributed by atoms with Crippen molar-refractivity contribution >= 4 is 11.8 Å². The molecule has 2 aromatic carbocycles. The highest BCUT2D eigenvalue weighted by molar-refractivity contribution is 5.93. The highest BCUT2D eigenvalue weighted by Crippen LogP contribution is 2.29. The minimum Gasteiger partial charge on any atom is -0.366 e. The number of quaternary nitrogens is 1. The standard InChI is InChI=1S/C26H31N5O2/c27-15-18-6-8-21(9-7-18)26(33)31-22(14-17-4-2-1-3-5-17)25-29-16-23(30-25)19-10-12-20(13-11-19)24(28)32/h1-5,10-13,16,18,21-22H,6-9,14-15,27H2,(H2,28,32)(H,29,30)(H,31,33)/p+1/t18?,21?,22-/m0/s1. The fraction of sp³-hybridized carbons (Fsp3) is 0.346.